The van der Waals surface area contributed by atoms with E-state index in [9.17, 15) is 9.59 Å². The summed E-state index contributed by atoms with van der Waals surface area (Å²) in [7, 11) is 0. The Hall–Kier alpha value is -0.810. The number of amides is 2. The van der Waals surface area contributed by atoms with Crippen molar-refractivity contribution in [3.63, 3.8) is 0 Å². The van der Waals surface area contributed by atoms with Crippen LogP contribution in [0.25, 0.3) is 0 Å². The summed E-state index contributed by atoms with van der Waals surface area (Å²) in [4.78, 5) is 25.5. The van der Waals surface area contributed by atoms with Gasteiger partial charge in [0.2, 0.25) is 11.8 Å². The standard InChI is InChI=1S/C14H27N3O2.ClH/c1-14(2,3)13(19)16-8-4-7-12(18)17-9-5-6-11(17)10-15;/h11H,4-10,15H2,1-3H3,(H,16,19);1H. The van der Waals surface area contributed by atoms with Gasteiger partial charge >= 0.3 is 0 Å². The summed E-state index contributed by atoms with van der Waals surface area (Å²) >= 11 is 0. The molecule has 1 rings (SSSR count). The van der Waals surface area contributed by atoms with E-state index in [1.807, 2.05) is 25.7 Å². The van der Waals surface area contributed by atoms with Crippen molar-refractivity contribution in [3.8, 4) is 0 Å². The molecule has 3 N–H and O–H groups in total. The summed E-state index contributed by atoms with van der Waals surface area (Å²) in [6.07, 6.45) is 3.24. The minimum absolute atomic E-state index is 0. The quantitative estimate of drug-likeness (QED) is 0.752. The summed E-state index contributed by atoms with van der Waals surface area (Å²) < 4.78 is 0. The zero-order chi connectivity index (χ0) is 14.5. The molecule has 1 aliphatic rings. The number of nitrogens with zero attached hydrogens (tertiary/aromatic N) is 1. The molecule has 118 valence electrons. The summed E-state index contributed by atoms with van der Waals surface area (Å²) in [6, 6.07) is 0.219. The third-order valence-corrected chi connectivity index (χ3v) is 3.50. The molecule has 0 aromatic carbocycles. The van der Waals surface area contributed by atoms with Gasteiger partial charge in [0, 0.05) is 37.5 Å². The zero-order valence-electron chi connectivity index (χ0n) is 12.8. The van der Waals surface area contributed by atoms with Crippen molar-refractivity contribution in [1.29, 1.82) is 0 Å². The Bertz CT molecular complexity index is 329. The highest BCUT2D eigenvalue weighted by Gasteiger charge is 2.27. The monoisotopic (exact) mass is 305 g/mol. The van der Waals surface area contributed by atoms with Crippen LogP contribution < -0.4 is 11.1 Å². The fourth-order valence-corrected chi connectivity index (χ4v) is 2.26. The molecule has 1 fully saturated rings. The van der Waals surface area contributed by atoms with Crippen LogP contribution in [0.15, 0.2) is 0 Å². The summed E-state index contributed by atoms with van der Waals surface area (Å²) in [5.41, 5.74) is 5.28. The molecule has 1 unspecified atom stereocenters. The van der Waals surface area contributed by atoms with Crippen LogP contribution in [0, 0.1) is 5.41 Å². The number of hydrogen-bond acceptors (Lipinski definition) is 3. The Kier molecular flexibility index (Phi) is 8.13. The average Bonchev–Trinajstić information content (AvgIpc) is 2.81. The lowest BCUT2D eigenvalue weighted by atomic mass is 9.96. The Balaban J connectivity index is 0.00000361. The lowest BCUT2D eigenvalue weighted by molar-refractivity contribution is -0.132. The van der Waals surface area contributed by atoms with Gasteiger partial charge in [-0.2, -0.15) is 0 Å². The Morgan fingerprint density at radius 1 is 1.35 bits per heavy atom. The van der Waals surface area contributed by atoms with E-state index in [1.165, 1.54) is 0 Å². The van der Waals surface area contributed by atoms with Crippen molar-refractivity contribution in [2.24, 2.45) is 11.1 Å². The van der Waals surface area contributed by atoms with Gasteiger partial charge in [0.1, 0.15) is 0 Å². The number of carbonyl (C=O) groups is 2. The second-order valence-electron chi connectivity index (χ2n) is 6.23. The largest absolute Gasteiger partial charge is 0.356 e. The van der Waals surface area contributed by atoms with E-state index in [0.717, 1.165) is 19.4 Å². The maximum absolute atomic E-state index is 12.0. The highest BCUT2D eigenvalue weighted by molar-refractivity contribution is 5.85. The number of halogens is 1. The first kappa shape index (κ1) is 19.2. The van der Waals surface area contributed by atoms with E-state index in [0.29, 0.717) is 25.9 Å². The molecule has 1 heterocycles. The number of hydrogen-bond donors (Lipinski definition) is 2. The predicted molar refractivity (Wildman–Crippen MR) is 82.7 cm³/mol. The van der Waals surface area contributed by atoms with Crippen molar-refractivity contribution < 1.29 is 9.59 Å². The number of nitrogens with two attached hydrogens (primary N) is 1. The van der Waals surface area contributed by atoms with E-state index in [4.69, 9.17) is 5.73 Å². The van der Waals surface area contributed by atoms with Crippen molar-refractivity contribution >= 4 is 24.2 Å². The molecule has 6 heteroatoms. The SMILES string of the molecule is CC(C)(C)C(=O)NCCCC(=O)N1CCCC1CN.Cl. The number of nitrogens with one attached hydrogen (secondary N) is 1. The highest BCUT2D eigenvalue weighted by atomic mass is 35.5. The molecule has 0 spiro atoms. The molecule has 20 heavy (non-hydrogen) atoms. The van der Waals surface area contributed by atoms with Crippen LogP contribution >= 0.6 is 12.4 Å². The van der Waals surface area contributed by atoms with E-state index in [2.05, 4.69) is 5.32 Å². The lowest BCUT2D eigenvalue weighted by Crippen LogP contribution is -2.40. The van der Waals surface area contributed by atoms with Crippen LogP contribution in [0.2, 0.25) is 0 Å². The first-order chi connectivity index (χ1) is 8.86. The smallest absolute Gasteiger partial charge is 0.225 e. The normalized spacial score (nSPS) is 18.6. The molecule has 1 saturated heterocycles. The van der Waals surface area contributed by atoms with Crippen molar-refractivity contribution in [2.45, 2.75) is 52.5 Å². The zero-order valence-corrected chi connectivity index (χ0v) is 13.6. The molecule has 0 aromatic rings. The molecule has 1 atom stereocenters. The average molecular weight is 306 g/mol. The summed E-state index contributed by atoms with van der Waals surface area (Å²) in [6.45, 7) is 7.57. The van der Waals surface area contributed by atoms with Gasteiger partial charge in [0.05, 0.1) is 0 Å². The lowest BCUT2D eigenvalue weighted by Gasteiger charge is -2.23. The predicted octanol–water partition coefficient (Wildman–Crippen LogP) is 1.30. The first-order valence-corrected chi connectivity index (χ1v) is 7.14. The minimum Gasteiger partial charge on any atom is -0.356 e. The maximum Gasteiger partial charge on any atom is 0.225 e. The second kappa shape index (κ2) is 8.47. The molecule has 0 aliphatic carbocycles. The number of carbonyl (C=O) groups excluding carboxylic acids is 2. The van der Waals surface area contributed by atoms with Crippen LogP contribution in [0.4, 0.5) is 0 Å². The van der Waals surface area contributed by atoms with E-state index in [1.54, 1.807) is 0 Å². The number of rotatable bonds is 5. The molecule has 0 bridgehead atoms. The molecule has 0 saturated carbocycles. The third kappa shape index (κ3) is 5.67. The number of likely N-dealkylation sites (tertiary alicyclic amines) is 1. The third-order valence-electron chi connectivity index (χ3n) is 3.50. The molecule has 0 aromatic heterocycles. The molecular formula is C14H28ClN3O2. The maximum atomic E-state index is 12.0. The van der Waals surface area contributed by atoms with Crippen LogP contribution in [-0.4, -0.2) is 42.4 Å². The van der Waals surface area contributed by atoms with Gasteiger partial charge in [-0.3, -0.25) is 9.59 Å². The van der Waals surface area contributed by atoms with Crippen LogP contribution in [-0.2, 0) is 9.59 Å². The van der Waals surface area contributed by atoms with Crippen LogP contribution in [0.5, 0.6) is 0 Å². The highest BCUT2D eigenvalue weighted by Crippen LogP contribution is 2.17. The summed E-state index contributed by atoms with van der Waals surface area (Å²) in [5.74, 6) is 0.193. The Labute approximate surface area is 128 Å². The van der Waals surface area contributed by atoms with Gasteiger partial charge < -0.3 is 16.0 Å². The molecule has 1 aliphatic heterocycles. The van der Waals surface area contributed by atoms with Crippen molar-refractivity contribution in [1.82, 2.24) is 10.2 Å². The van der Waals surface area contributed by atoms with Gasteiger partial charge in [0.25, 0.3) is 0 Å². The molecule has 0 radical (unpaired) electrons. The van der Waals surface area contributed by atoms with Gasteiger partial charge in [-0.15, -0.1) is 12.4 Å². The fourth-order valence-electron chi connectivity index (χ4n) is 2.26. The Morgan fingerprint density at radius 3 is 2.55 bits per heavy atom. The van der Waals surface area contributed by atoms with Crippen molar-refractivity contribution in [2.75, 3.05) is 19.6 Å². The van der Waals surface area contributed by atoms with Crippen LogP contribution in [0.1, 0.15) is 46.5 Å². The van der Waals surface area contributed by atoms with E-state index in [-0.39, 0.29) is 35.7 Å². The molecule has 2 amide bonds. The fraction of sp³-hybridized carbons (Fsp3) is 0.857. The van der Waals surface area contributed by atoms with Gasteiger partial charge in [-0.25, -0.2) is 0 Å². The van der Waals surface area contributed by atoms with Gasteiger partial charge in [-0.05, 0) is 19.3 Å². The minimum atomic E-state index is -0.371. The van der Waals surface area contributed by atoms with Crippen LogP contribution in [0.3, 0.4) is 0 Å². The molecular weight excluding hydrogens is 278 g/mol. The van der Waals surface area contributed by atoms with Gasteiger partial charge in [0.15, 0.2) is 0 Å². The van der Waals surface area contributed by atoms with Crippen molar-refractivity contribution in [3.05, 3.63) is 0 Å². The van der Waals surface area contributed by atoms with Gasteiger partial charge in [-0.1, -0.05) is 20.8 Å². The first-order valence-electron chi connectivity index (χ1n) is 7.14. The topological polar surface area (TPSA) is 75.4 Å². The second-order valence-corrected chi connectivity index (χ2v) is 6.23. The Morgan fingerprint density at radius 2 is 2.00 bits per heavy atom. The van der Waals surface area contributed by atoms with E-state index >= 15 is 0 Å². The van der Waals surface area contributed by atoms with E-state index < -0.39 is 0 Å². The summed E-state index contributed by atoms with van der Waals surface area (Å²) in [5, 5.41) is 2.86. The molecule has 5 nitrogen and oxygen atoms in total.